The van der Waals surface area contributed by atoms with Crippen molar-refractivity contribution in [2.24, 2.45) is 0 Å². The van der Waals surface area contributed by atoms with E-state index in [9.17, 15) is 14.0 Å². The van der Waals surface area contributed by atoms with E-state index in [4.69, 9.17) is 9.47 Å². The van der Waals surface area contributed by atoms with Gasteiger partial charge in [0.2, 0.25) is 5.91 Å². The Balaban J connectivity index is 1.43. The summed E-state index contributed by atoms with van der Waals surface area (Å²) >= 11 is 0. The van der Waals surface area contributed by atoms with Crippen LogP contribution < -0.4 is 19.7 Å². The van der Waals surface area contributed by atoms with Gasteiger partial charge in [0, 0.05) is 11.8 Å². The molecule has 0 saturated carbocycles. The molecule has 1 N–H and O–H groups in total. The second-order valence-corrected chi connectivity index (χ2v) is 7.45. The highest BCUT2D eigenvalue weighted by molar-refractivity contribution is 6.00. The Morgan fingerprint density at radius 1 is 1.09 bits per heavy atom. The number of rotatable bonds is 7. The molecule has 0 fully saturated rings. The maximum absolute atomic E-state index is 13.0. The second kappa shape index (κ2) is 9.51. The molecule has 0 aromatic heterocycles. The molecule has 0 aliphatic carbocycles. The van der Waals surface area contributed by atoms with Crippen LogP contribution in [0.2, 0.25) is 0 Å². The zero-order valence-corrected chi connectivity index (χ0v) is 17.6. The molecule has 1 heterocycles. The lowest BCUT2D eigenvalue weighted by Crippen LogP contribution is -2.46. The zero-order valence-electron chi connectivity index (χ0n) is 17.6. The number of amides is 2. The highest BCUT2D eigenvalue weighted by Crippen LogP contribution is 2.36. The van der Waals surface area contributed by atoms with Crippen molar-refractivity contribution in [2.75, 3.05) is 23.4 Å². The molecule has 3 aromatic rings. The highest BCUT2D eigenvalue weighted by atomic mass is 19.1. The first kappa shape index (κ1) is 21.4. The molecule has 2 amide bonds. The number of para-hydroxylation sites is 1. The fourth-order valence-electron chi connectivity index (χ4n) is 3.48. The molecule has 0 saturated heterocycles. The molecule has 0 bridgehead atoms. The Labute approximate surface area is 185 Å². The first-order chi connectivity index (χ1) is 15.5. The van der Waals surface area contributed by atoms with E-state index in [1.807, 2.05) is 30.3 Å². The SMILES string of the molecule is CC1Oc2cc(NC(=O)Cc3ccc(F)cc3)ccc2N(CCOc2ccccc2)C1=O. The van der Waals surface area contributed by atoms with Crippen molar-refractivity contribution in [1.29, 1.82) is 0 Å². The number of halogens is 1. The fourth-order valence-corrected chi connectivity index (χ4v) is 3.48. The third kappa shape index (κ3) is 5.06. The monoisotopic (exact) mass is 434 g/mol. The summed E-state index contributed by atoms with van der Waals surface area (Å²) in [6.07, 6.45) is -0.528. The first-order valence-corrected chi connectivity index (χ1v) is 10.3. The quantitative estimate of drug-likeness (QED) is 0.605. The van der Waals surface area contributed by atoms with Gasteiger partial charge in [-0.2, -0.15) is 0 Å². The number of anilines is 2. The summed E-state index contributed by atoms with van der Waals surface area (Å²) in [5.41, 5.74) is 1.89. The lowest BCUT2D eigenvalue weighted by atomic mass is 10.1. The third-order valence-corrected chi connectivity index (χ3v) is 5.06. The summed E-state index contributed by atoms with van der Waals surface area (Å²) < 4.78 is 24.5. The maximum atomic E-state index is 13.0. The Bertz CT molecular complexity index is 1100. The van der Waals surface area contributed by atoms with Crippen LogP contribution in [0.15, 0.2) is 72.8 Å². The topological polar surface area (TPSA) is 67.9 Å². The van der Waals surface area contributed by atoms with Gasteiger partial charge in [-0.15, -0.1) is 0 Å². The van der Waals surface area contributed by atoms with Crippen molar-refractivity contribution >= 4 is 23.2 Å². The fraction of sp³-hybridized carbons (Fsp3) is 0.200. The van der Waals surface area contributed by atoms with Gasteiger partial charge in [0.15, 0.2) is 6.10 Å². The lowest BCUT2D eigenvalue weighted by molar-refractivity contribution is -0.125. The molecular formula is C25H23FN2O4. The minimum Gasteiger partial charge on any atom is -0.492 e. The molecule has 0 spiro atoms. The van der Waals surface area contributed by atoms with Gasteiger partial charge in [0.25, 0.3) is 5.91 Å². The van der Waals surface area contributed by atoms with Crippen LogP contribution in [0, 0.1) is 5.82 Å². The molecule has 6 nitrogen and oxygen atoms in total. The van der Waals surface area contributed by atoms with Crippen LogP contribution in [0.1, 0.15) is 12.5 Å². The number of carbonyl (C=O) groups is 2. The Kier molecular flexibility index (Phi) is 6.35. The second-order valence-electron chi connectivity index (χ2n) is 7.45. The minimum absolute atomic E-state index is 0.121. The van der Waals surface area contributed by atoms with Crippen molar-refractivity contribution < 1.29 is 23.5 Å². The minimum atomic E-state index is -0.649. The van der Waals surface area contributed by atoms with Crippen LogP contribution in [-0.2, 0) is 16.0 Å². The summed E-state index contributed by atoms with van der Waals surface area (Å²) in [6, 6.07) is 20.4. The average molecular weight is 434 g/mol. The first-order valence-electron chi connectivity index (χ1n) is 10.3. The largest absolute Gasteiger partial charge is 0.492 e. The van der Waals surface area contributed by atoms with Gasteiger partial charge in [-0.1, -0.05) is 30.3 Å². The zero-order chi connectivity index (χ0) is 22.5. The Morgan fingerprint density at radius 3 is 2.59 bits per heavy atom. The van der Waals surface area contributed by atoms with E-state index in [-0.39, 0.29) is 24.1 Å². The van der Waals surface area contributed by atoms with Gasteiger partial charge >= 0.3 is 0 Å². The van der Waals surface area contributed by atoms with Crippen molar-refractivity contribution in [1.82, 2.24) is 0 Å². The number of carbonyl (C=O) groups excluding carboxylic acids is 2. The molecule has 3 aromatic carbocycles. The average Bonchev–Trinajstić information content (AvgIpc) is 2.78. The number of hydrogen-bond acceptors (Lipinski definition) is 4. The number of fused-ring (bicyclic) bond motifs is 1. The van der Waals surface area contributed by atoms with E-state index < -0.39 is 6.10 Å². The van der Waals surface area contributed by atoms with E-state index in [1.54, 1.807) is 42.2 Å². The number of hydrogen-bond donors (Lipinski definition) is 1. The van der Waals surface area contributed by atoms with Gasteiger partial charge in [-0.25, -0.2) is 4.39 Å². The molecule has 7 heteroatoms. The van der Waals surface area contributed by atoms with Crippen LogP contribution in [-0.4, -0.2) is 31.1 Å². The smallest absolute Gasteiger partial charge is 0.267 e. The van der Waals surface area contributed by atoms with Gasteiger partial charge < -0.3 is 19.7 Å². The number of nitrogens with one attached hydrogen (secondary N) is 1. The van der Waals surface area contributed by atoms with Crippen LogP contribution in [0.3, 0.4) is 0 Å². The summed E-state index contributed by atoms with van der Waals surface area (Å²) in [5.74, 6) is 0.521. The van der Waals surface area contributed by atoms with E-state index in [1.165, 1.54) is 12.1 Å². The third-order valence-electron chi connectivity index (χ3n) is 5.06. The normalized spacial score (nSPS) is 15.0. The van der Waals surface area contributed by atoms with Crippen LogP contribution in [0.4, 0.5) is 15.8 Å². The predicted octanol–water partition coefficient (Wildman–Crippen LogP) is 4.20. The predicted molar refractivity (Wildman–Crippen MR) is 120 cm³/mol. The van der Waals surface area contributed by atoms with Crippen LogP contribution in [0.5, 0.6) is 11.5 Å². The van der Waals surface area contributed by atoms with Crippen molar-refractivity contribution in [3.63, 3.8) is 0 Å². The molecule has 4 rings (SSSR count). The van der Waals surface area contributed by atoms with Gasteiger partial charge in [-0.3, -0.25) is 9.59 Å². The van der Waals surface area contributed by atoms with E-state index >= 15 is 0 Å². The van der Waals surface area contributed by atoms with Crippen molar-refractivity contribution in [3.8, 4) is 11.5 Å². The summed E-state index contributed by atoms with van der Waals surface area (Å²) in [4.78, 5) is 26.7. The molecular weight excluding hydrogens is 411 g/mol. The molecule has 1 atom stereocenters. The number of benzene rings is 3. The highest BCUT2D eigenvalue weighted by Gasteiger charge is 2.31. The Morgan fingerprint density at radius 2 is 1.84 bits per heavy atom. The standard InChI is InChI=1S/C25H23FN2O4/c1-17-25(30)28(13-14-31-21-5-3-2-4-6-21)22-12-11-20(16-23(22)32-17)27-24(29)15-18-7-9-19(26)10-8-18/h2-12,16-17H,13-15H2,1H3,(H,27,29). The van der Waals surface area contributed by atoms with Crippen molar-refractivity contribution in [3.05, 3.63) is 84.2 Å². The summed E-state index contributed by atoms with van der Waals surface area (Å²) in [5, 5.41) is 2.82. The lowest BCUT2D eigenvalue weighted by Gasteiger charge is -2.33. The number of nitrogens with zero attached hydrogens (tertiary/aromatic N) is 1. The van der Waals surface area contributed by atoms with Gasteiger partial charge in [-0.05, 0) is 48.9 Å². The van der Waals surface area contributed by atoms with Crippen molar-refractivity contribution in [2.45, 2.75) is 19.4 Å². The maximum Gasteiger partial charge on any atom is 0.267 e. The van der Waals surface area contributed by atoms with Gasteiger partial charge in [0.1, 0.15) is 23.9 Å². The van der Waals surface area contributed by atoms with Crippen LogP contribution in [0.25, 0.3) is 0 Å². The van der Waals surface area contributed by atoms with Gasteiger partial charge in [0.05, 0.1) is 18.7 Å². The van der Waals surface area contributed by atoms with E-state index in [2.05, 4.69) is 5.32 Å². The van der Waals surface area contributed by atoms with E-state index in [0.717, 1.165) is 5.75 Å². The molecule has 1 aliphatic rings. The molecule has 1 aliphatic heterocycles. The molecule has 0 radical (unpaired) electrons. The van der Waals surface area contributed by atoms with Crippen LogP contribution >= 0.6 is 0 Å². The summed E-state index contributed by atoms with van der Waals surface area (Å²) in [6.45, 7) is 2.39. The Hall–Kier alpha value is -3.87. The number of ether oxygens (including phenoxy) is 2. The molecule has 1 unspecified atom stereocenters. The molecule has 32 heavy (non-hydrogen) atoms. The summed E-state index contributed by atoms with van der Waals surface area (Å²) in [7, 11) is 0. The van der Waals surface area contributed by atoms with E-state index in [0.29, 0.717) is 35.8 Å². The molecule has 164 valence electrons.